The predicted molar refractivity (Wildman–Crippen MR) is 88.8 cm³/mol. The summed E-state index contributed by atoms with van der Waals surface area (Å²) in [7, 11) is -3.86. The van der Waals surface area contributed by atoms with Crippen molar-refractivity contribution in [3.8, 4) is 0 Å². The average Bonchev–Trinajstić information content (AvgIpc) is 2.62. The minimum absolute atomic E-state index is 0.166. The van der Waals surface area contributed by atoms with E-state index in [4.69, 9.17) is 0 Å². The first kappa shape index (κ1) is 18.7. The van der Waals surface area contributed by atoms with Crippen LogP contribution < -0.4 is 4.90 Å². The number of hydrogen-bond acceptors (Lipinski definition) is 3. The van der Waals surface area contributed by atoms with Crippen LogP contribution in [0.5, 0.6) is 0 Å². The molecule has 9 heteroatoms. The summed E-state index contributed by atoms with van der Waals surface area (Å²) in [6.45, 7) is 1.21. The van der Waals surface area contributed by atoms with Crippen LogP contribution in [0.1, 0.15) is 5.56 Å². The Morgan fingerprint density at radius 1 is 0.808 bits per heavy atom. The van der Waals surface area contributed by atoms with E-state index in [0.29, 0.717) is 13.1 Å². The van der Waals surface area contributed by atoms with E-state index in [0.717, 1.165) is 30.0 Å². The van der Waals surface area contributed by atoms with Gasteiger partial charge in [0.2, 0.25) is 10.0 Å². The lowest BCUT2D eigenvalue weighted by Gasteiger charge is -2.35. The van der Waals surface area contributed by atoms with Crippen molar-refractivity contribution in [2.75, 3.05) is 31.1 Å². The van der Waals surface area contributed by atoms with Crippen LogP contribution in [0.4, 0.5) is 23.2 Å². The zero-order valence-electron chi connectivity index (χ0n) is 13.6. The minimum atomic E-state index is -4.51. The molecule has 0 amide bonds. The summed E-state index contributed by atoms with van der Waals surface area (Å²) in [6.07, 6.45) is -4.51. The van der Waals surface area contributed by atoms with Crippen molar-refractivity contribution in [3.63, 3.8) is 0 Å². The van der Waals surface area contributed by atoms with Crippen molar-refractivity contribution in [1.82, 2.24) is 4.31 Å². The molecule has 1 aliphatic rings. The lowest BCUT2D eigenvalue weighted by Crippen LogP contribution is -2.48. The van der Waals surface area contributed by atoms with E-state index in [-0.39, 0.29) is 23.8 Å². The van der Waals surface area contributed by atoms with Crippen LogP contribution in [0.15, 0.2) is 53.4 Å². The second kappa shape index (κ2) is 6.88. The van der Waals surface area contributed by atoms with Crippen molar-refractivity contribution in [2.45, 2.75) is 11.1 Å². The topological polar surface area (TPSA) is 40.6 Å². The molecule has 26 heavy (non-hydrogen) atoms. The van der Waals surface area contributed by atoms with Crippen molar-refractivity contribution >= 4 is 15.7 Å². The van der Waals surface area contributed by atoms with Gasteiger partial charge in [-0.05, 0) is 48.5 Å². The quantitative estimate of drug-likeness (QED) is 0.758. The molecule has 1 heterocycles. The van der Waals surface area contributed by atoms with Crippen LogP contribution in [0.3, 0.4) is 0 Å². The highest BCUT2D eigenvalue weighted by Gasteiger charge is 2.32. The van der Waals surface area contributed by atoms with Crippen LogP contribution in [0.2, 0.25) is 0 Å². The van der Waals surface area contributed by atoms with Crippen LogP contribution >= 0.6 is 0 Å². The Balaban J connectivity index is 1.70. The van der Waals surface area contributed by atoms with Gasteiger partial charge in [0, 0.05) is 31.9 Å². The van der Waals surface area contributed by atoms with Gasteiger partial charge in [0.1, 0.15) is 5.82 Å². The van der Waals surface area contributed by atoms with Gasteiger partial charge in [0.15, 0.2) is 0 Å². The summed E-state index contributed by atoms with van der Waals surface area (Å²) < 4.78 is 77.3. The van der Waals surface area contributed by atoms with E-state index in [2.05, 4.69) is 0 Å². The van der Waals surface area contributed by atoms with Gasteiger partial charge in [-0.2, -0.15) is 17.5 Å². The van der Waals surface area contributed by atoms with E-state index < -0.39 is 21.8 Å². The lowest BCUT2D eigenvalue weighted by atomic mass is 10.2. The molecule has 2 aromatic rings. The van der Waals surface area contributed by atoms with Gasteiger partial charge in [0.05, 0.1) is 10.5 Å². The number of hydrogen-bond donors (Lipinski definition) is 0. The van der Waals surface area contributed by atoms with E-state index in [9.17, 15) is 26.0 Å². The van der Waals surface area contributed by atoms with E-state index in [1.54, 1.807) is 12.1 Å². The summed E-state index contributed by atoms with van der Waals surface area (Å²) in [6, 6.07) is 9.39. The van der Waals surface area contributed by atoms with Gasteiger partial charge in [-0.3, -0.25) is 0 Å². The molecule has 0 N–H and O–H groups in total. The highest BCUT2D eigenvalue weighted by atomic mass is 32.2. The smallest absolute Gasteiger partial charge is 0.369 e. The summed E-state index contributed by atoms with van der Waals surface area (Å²) in [4.78, 5) is 1.76. The maximum Gasteiger partial charge on any atom is 0.416 e. The molecule has 0 radical (unpaired) electrons. The molecule has 0 saturated carbocycles. The number of anilines is 1. The minimum Gasteiger partial charge on any atom is -0.369 e. The average molecular weight is 388 g/mol. The molecule has 1 aliphatic heterocycles. The first-order chi connectivity index (χ1) is 12.2. The van der Waals surface area contributed by atoms with E-state index >= 15 is 0 Å². The monoisotopic (exact) mass is 388 g/mol. The van der Waals surface area contributed by atoms with Crippen molar-refractivity contribution in [3.05, 3.63) is 59.9 Å². The standard InChI is InChI=1S/C17H16F4N2O2S/c18-14-3-5-15(6-4-14)22-9-11-23(12-10-22)26(24,25)16-7-1-13(2-8-16)17(19,20)21/h1-8H,9-12H2. The van der Waals surface area contributed by atoms with Gasteiger partial charge in [0.25, 0.3) is 0 Å². The summed E-state index contributed by atoms with van der Waals surface area (Å²) in [5.74, 6) is -0.350. The summed E-state index contributed by atoms with van der Waals surface area (Å²) in [5.41, 5.74) is -0.101. The highest BCUT2D eigenvalue weighted by molar-refractivity contribution is 7.89. The molecule has 140 valence electrons. The fraction of sp³-hybridized carbons (Fsp3) is 0.294. The molecule has 1 fully saturated rings. The molecule has 0 aliphatic carbocycles. The van der Waals surface area contributed by atoms with Gasteiger partial charge >= 0.3 is 6.18 Å². The molecular formula is C17H16F4N2O2S. The number of halogens is 4. The zero-order chi connectivity index (χ0) is 18.9. The molecule has 4 nitrogen and oxygen atoms in total. The Kier molecular flexibility index (Phi) is 4.94. The van der Waals surface area contributed by atoms with E-state index in [1.165, 1.54) is 16.4 Å². The predicted octanol–water partition coefficient (Wildman–Crippen LogP) is 3.36. The molecule has 2 aromatic carbocycles. The third kappa shape index (κ3) is 3.83. The number of nitrogens with zero attached hydrogens (tertiary/aromatic N) is 2. The fourth-order valence-corrected chi connectivity index (χ4v) is 4.23. The molecule has 1 saturated heterocycles. The highest BCUT2D eigenvalue weighted by Crippen LogP contribution is 2.30. The fourth-order valence-electron chi connectivity index (χ4n) is 2.80. The second-order valence-electron chi connectivity index (χ2n) is 5.89. The van der Waals surface area contributed by atoms with Crippen LogP contribution in [0.25, 0.3) is 0 Å². The largest absolute Gasteiger partial charge is 0.416 e. The maximum absolute atomic E-state index is 13.0. The van der Waals surface area contributed by atoms with Crippen molar-refractivity contribution < 1.29 is 26.0 Å². The normalized spacial score (nSPS) is 16.7. The molecule has 3 rings (SSSR count). The summed E-state index contributed by atoms with van der Waals surface area (Å²) in [5, 5.41) is 0. The van der Waals surface area contributed by atoms with Gasteiger partial charge in [-0.25, -0.2) is 12.8 Å². The lowest BCUT2D eigenvalue weighted by molar-refractivity contribution is -0.137. The molecule has 0 spiro atoms. The van der Waals surface area contributed by atoms with Crippen LogP contribution in [0, 0.1) is 5.82 Å². The molecule has 0 aromatic heterocycles. The SMILES string of the molecule is O=S(=O)(c1ccc(C(F)(F)F)cc1)N1CCN(c2ccc(F)cc2)CC1. The van der Waals surface area contributed by atoms with Crippen LogP contribution in [-0.2, 0) is 16.2 Å². The van der Waals surface area contributed by atoms with Crippen molar-refractivity contribution in [1.29, 1.82) is 0 Å². The number of sulfonamides is 1. The number of alkyl halides is 3. The Labute approximate surface area is 148 Å². The van der Waals surface area contributed by atoms with Crippen molar-refractivity contribution in [2.24, 2.45) is 0 Å². The third-order valence-corrected chi connectivity index (χ3v) is 6.16. The molecular weight excluding hydrogens is 372 g/mol. The van der Waals surface area contributed by atoms with Gasteiger partial charge in [-0.1, -0.05) is 0 Å². The van der Waals surface area contributed by atoms with Gasteiger partial charge < -0.3 is 4.90 Å². The van der Waals surface area contributed by atoms with Gasteiger partial charge in [-0.15, -0.1) is 0 Å². The first-order valence-electron chi connectivity index (χ1n) is 7.86. The number of benzene rings is 2. The number of piperazine rings is 1. The third-order valence-electron chi connectivity index (χ3n) is 4.25. The first-order valence-corrected chi connectivity index (χ1v) is 9.30. The Hall–Kier alpha value is -2.13. The Morgan fingerprint density at radius 3 is 1.85 bits per heavy atom. The Morgan fingerprint density at radius 2 is 1.35 bits per heavy atom. The molecule has 0 unspecified atom stereocenters. The van der Waals surface area contributed by atoms with Crippen LogP contribution in [-0.4, -0.2) is 38.9 Å². The Bertz CT molecular complexity index is 857. The second-order valence-corrected chi connectivity index (χ2v) is 7.83. The molecule has 0 bridgehead atoms. The zero-order valence-corrected chi connectivity index (χ0v) is 14.4. The summed E-state index contributed by atoms with van der Waals surface area (Å²) >= 11 is 0. The maximum atomic E-state index is 13.0. The van der Waals surface area contributed by atoms with E-state index in [1.807, 2.05) is 4.90 Å². The number of rotatable bonds is 3. The molecule has 0 atom stereocenters.